The second-order valence-electron chi connectivity index (χ2n) is 6.83. The minimum Gasteiger partial charge on any atom is -0.382 e. The molecule has 2 rings (SSSR count). The third-order valence-electron chi connectivity index (χ3n) is 3.91. The van der Waals surface area contributed by atoms with Crippen LogP contribution in [0.2, 0.25) is 0 Å². The Morgan fingerprint density at radius 1 is 1.00 bits per heavy atom. The largest absolute Gasteiger partial charge is 0.382 e. The smallest absolute Gasteiger partial charge is 0.150 e. The van der Waals surface area contributed by atoms with E-state index in [-0.39, 0.29) is 0 Å². The number of hydrogen-bond acceptors (Lipinski definition) is 4. The predicted molar refractivity (Wildman–Crippen MR) is 113 cm³/mol. The summed E-state index contributed by atoms with van der Waals surface area (Å²) in [7, 11) is 0. The van der Waals surface area contributed by atoms with Crippen LogP contribution in [0.25, 0.3) is 16.8 Å². The number of allylic oxidation sites excluding steroid dienone is 1. The molecule has 2 N–H and O–H groups in total. The van der Waals surface area contributed by atoms with Crippen LogP contribution < -0.4 is 5.73 Å². The van der Waals surface area contributed by atoms with Gasteiger partial charge in [-0.2, -0.15) is 0 Å². The summed E-state index contributed by atoms with van der Waals surface area (Å²) in [6.45, 7) is 18.6. The highest BCUT2D eigenvalue weighted by atomic mass is 14.9. The van der Waals surface area contributed by atoms with Gasteiger partial charge in [0.05, 0.1) is 11.4 Å². The summed E-state index contributed by atoms with van der Waals surface area (Å²) in [5.74, 6) is 0.853. The Kier molecular flexibility index (Phi) is 8.43. The number of aryl methyl sites for hydroxylation is 2. The first kappa shape index (κ1) is 21.8. The fraction of sp³-hybridized carbons (Fsp3) is 0.500. The number of nitrogens with zero attached hydrogens (tertiary/aromatic N) is 3. The topological polar surface area (TPSA) is 64.7 Å². The number of aromatic nitrogens is 3. The van der Waals surface area contributed by atoms with Gasteiger partial charge in [0, 0.05) is 17.0 Å². The molecule has 0 fully saturated rings. The summed E-state index contributed by atoms with van der Waals surface area (Å²) in [4.78, 5) is 14.1. The zero-order valence-corrected chi connectivity index (χ0v) is 17.5. The molecule has 0 saturated carbocycles. The van der Waals surface area contributed by atoms with Crippen molar-refractivity contribution in [3.8, 4) is 11.3 Å². The summed E-state index contributed by atoms with van der Waals surface area (Å²) in [5.41, 5.74) is 12.5. The van der Waals surface area contributed by atoms with Crippen LogP contribution in [0.5, 0.6) is 0 Å². The van der Waals surface area contributed by atoms with Gasteiger partial charge in [0.15, 0.2) is 0 Å². The molecule has 4 heteroatoms. The van der Waals surface area contributed by atoms with E-state index in [1.165, 1.54) is 6.42 Å². The van der Waals surface area contributed by atoms with Crippen LogP contribution in [0.3, 0.4) is 0 Å². The average Bonchev–Trinajstić information content (AvgIpc) is 2.61. The Bertz CT molecular complexity index is 748. The van der Waals surface area contributed by atoms with Crippen molar-refractivity contribution in [2.45, 2.75) is 73.6 Å². The quantitative estimate of drug-likeness (QED) is 0.735. The van der Waals surface area contributed by atoms with Crippen molar-refractivity contribution in [2.75, 3.05) is 5.73 Å². The lowest BCUT2D eigenvalue weighted by molar-refractivity contribution is 0.807. The molecule has 0 radical (unpaired) electrons. The van der Waals surface area contributed by atoms with Gasteiger partial charge in [-0.15, -0.1) is 0 Å². The third-order valence-corrected chi connectivity index (χ3v) is 3.91. The maximum absolute atomic E-state index is 6.03. The Morgan fingerprint density at radius 3 is 2.04 bits per heavy atom. The molecule has 0 aliphatic heterocycles. The first-order valence-corrected chi connectivity index (χ1v) is 9.62. The summed E-state index contributed by atoms with van der Waals surface area (Å²) in [6, 6.07) is 4.19. The lowest BCUT2D eigenvalue weighted by Crippen LogP contribution is -2.08. The van der Waals surface area contributed by atoms with E-state index in [1.54, 1.807) is 0 Å². The van der Waals surface area contributed by atoms with Gasteiger partial charge in [-0.1, -0.05) is 54.5 Å². The highest BCUT2D eigenvalue weighted by Crippen LogP contribution is 2.29. The van der Waals surface area contributed by atoms with Gasteiger partial charge in [0.2, 0.25) is 0 Å². The second-order valence-corrected chi connectivity index (χ2v) is 6.83. The lowest BCUT2D eigenvalue weighted by atomic mass is 10.0. The molecule has 26 heavy (non-hydrogen) atoms. The predicted octanol–water partition coefficient (Wildman–Crippen LogP) is 5.82. The molecule has 0 atom stereocenters. The molecule has 0 saturated heterocycles. The van der Waals surface area contributed by atoms with Crippen molar-refractivity contribution in [2.24, 2.45) is 0 Å². The standard InChI is InChI=1S/C19H26N4.C3H8/c1-7-14-13(9-10-16(21-14)11(3)4)18-15(8-2)22-19(20)17(23-18)12(5)6;1-3-2/h9-11H,5,7-8H2,1-4,6H3,(H2,20,22);3H2,1-2H3. The van der Waals surface area contributed by atoms with Gasteiger partial charge in [0.25, 0.3) is 0 Å². The van der Waals surface area contributed by atoms with Crippen LogP contribution in [0.4, 0.5) is 5.82 Å². The summed E-state index contributed by atoms with van der Waals surface area (Å²) in [5, 5.41) is 0. The number of nitrogens with two attached hydrogens (primary N) is 1. The van der Waals surface area contributed by atoms with Crippen LogP contribution in [0.1, 0.15) is 83.6 Å². The number of pyridine rings is 1. The van der Waals surface area contributed by atoms with Gasteiger partial charge in [-0.3, -0.25) is 4.98 Å². The maximum atomic E-state index is 6.03. The van der Waals surface area contributed by atoms with Crippen LogP contribution in [-0.4, -0.2) is 15.0 Å². The summed E-state index contributed by atoms with van der Waals surface area (Å²) >= 11 is 0. The van der Waals surface area contributed by atoms with E-state index in [0.29, 0.717) is 17.4 Å². The molecular formula is C22H34N4. The lowest BCUT2D eigenvalue weighted by Gasteiger charge is -2.15. The van der Waals surface area contributed by atoms with Crippen molar-refractivity contribution >= 4 is 11.4 Å². The zero-order chi connectivity index (χ0) is 19.9. The Morgan fingerprint density at radius 2 is 1.58 bits per heavy atom. The molecule has 0 aromatic carbocycles. The molecule has 0 unspecified atom stereocenters. The summed E-state index contributed by atoms with van der Waals surface area (Å²) < 4.78 is 0. The highest BCUT2D eigenvalue weighted by Gasteiger charge is 2.17. The summed E-state index contributed by atoms with van der Waals surface area (Å²) in [6.07, 6.45) is 2.88. The molecule has 2 heterocycles. The van der Waals surface area contributed by atoms with Gasteiger partial charge in [-0.05, 0) is 43.4 Å². The van der Waals surface area contributed by atoms with Gasteiger partial charge >= 0.3 is 0 Å². The first-order valence-electron chi connectivity index (χ1n) is 9.62. The molecule has 2 aromatic heterocycles. The Balaban J connectivity index is 0.00000105. The maximum Gasteiger partial charge on any atom is 0.150 e. The molecule has 0 amide bonds. The number of hydrogen-bond donors (Lipinski definition) is 1. The van der Waals surface area contributed by atoms with E-state index in [9.17, 15) is 0 Å². The van der Waals surface area contributed by atoms with E-state index in [4.69, 9.17) is 15.7 Å². The van der Waals surface area contributed by atoms with E-state index in [2.05, 4.69) is 65.2 Å². The highest BCUT2D eigenvalue weighted by molar-refractivity contribution is 5.72. The van der Waals surface area contributed by atoms with Crippen molar-refractivity contribution in [3.63, 3.8) is 0 Å². The van der Waals surface area contributed by atoms with Gasteiger partial charge in [-0.25, -0.2) is 9.97 Å². The minimum atomic E-state index is 0.406. The fourth-order valence-corrected chi connectivity index (χ4v) is 2.59. The van der Waals surface area contributed by atoms with E-state index in [1.807, 2.05) is 6.92 Å². The molecule has 2 aromatic rings. The molecule has 0 aliphatic rings. The SMILES string of the molecule is C=C(C)c1nc(-c2ccc(C(C)C)nc2CC)c(CC)nc1N.CCC. The monoisotopic (exact) mass is 354 g/mol. The first-order chi connectivity index (χ1) is 12.3. The fourth-order valence-electron chi connectivity index (χ4n) is 2.59. The molecule has 0 aliphatic carbocycles. The van der Waals surface area contributed by atoms with E-state index < -0.39 is 0 Å². The Labute approximate surface area is 159 Å². The number of nitrogen functional groups attached to an aromatic ring is 1. The van der Waals surface area contributed by atoms with E-state index in [0.717, 1.165) is 46.8 Å². The number of anilines is 1. The van der Waals surface area contributed by atoms with Crippen LogP contribution >= 0.6 is 0 Å². The van der Waals surface area contributed by atoms with Gasteiger partial charge < -0.3 is 5.73 Å². The Hall–Kier alpha value is -2.23. The zero-order valence-electron chi connectivity index (χ0n) is 17.5. The molecule has 0 spiro atoms. The van der Waals surface area contributed by atoms with Crippen LogP contribution in [0, 0.1) is 0 Å². The average molecular weight is 355 g/mol. The second kappa shape index (κ2) is 10.0. The normalized spacial score (nSPS) is 10.5. The molecule has 4 nitrogen and oxygen atoms in total. The van der Waals surface area contributed by atoms with Crippen molar-refractivity contribution in [1.29, 1.82) is 0 Å². The van der Waals surface area contributed by atoms with Crippen molar-refractivity contribution < 1.29 is 0 Å². The molecular weight excluding hydrogens is 320 g/mol. The molecule has 142 valence electrons. The van der Waals surface area contributed by atoms with Crippen LogP contribution in [0.15, 0.2) is 18.7 Å². The van der Waals surface area contributed by atoms with E-state index >= 15 is 0 Å². The van der Waals surface area contributed by atoms with Crippen molar-refractivity contribution in [3.05, 3.63) is 41.5 Å². The molecule has 0 bridgehead atoms. The third kappa shape index (κ3) is 5.13. The van der Waals surface area contributed by atoms with Crippen LogP contribution in [-0.2, 0) is 12.8 Å². The van der Waals surface area contributed by atoms with Gasteiger partial charge in [0.1, 0.15) is 11.5 Å². The minimum absolute atomic E-state index is 0.406. The number of rotatable bonds is 5. The van der Waals surface area contributed by atoms with Crippen molar-refractivity contribution in [1.82, 2.24) is 15.0 Å².